The summed E-state index contributed by atoms with van der Waals surface area (Å²) in [5, 5.41) is 8.88. The van der Waals surface area contributed by atoms with Gasteiger partial charge in [-0.05, 0) is 29.3 Å². The number of rotatable bonds is 6. The van der Waals surface area contributed by atoms with Crippen LogP contribution in [-0.2, 0) is 23.1 Å². The summed E-state index contributed by atoms with van der Waals surface area (Å²) < 4.78 is 29.2. The Hall–Kier alpha value is -2.95. The first-order valence-corrected chi connectivity index (χ1v) is 9.08. The van der Waals surface area contributed by atoms with Crippen LogP contribution in [0.4, 0.5) is 0 Å². The number of benzene rings is 2. The van der Waals surface area contributed by atoms with Crippen molar-refractivity contribution in [3.8, 4) is 6.07 Å². The summed E-state index contributed by atoms with van der Waals surface area (Å²) in [4.78, 5) is 4.09. The van der Waals surface area contributed by atoms with E-state index in [-0.39, 0.29) is 11.4 Å². The van der Waals surface area contributed by atoms with Gasteiger partial charge in [-0.3, -0.25) is 0 Å². The molecule has 1 aromatic heterocycles. The van der Waals surface area contributed by atoms with Gasteiger partial charge in [0.05, 0.1) is 22.9 Å². The van der Waals surface area contributed by atoms with Crippen LogP contribution in [0.2, 0.25) is 0 Å². The Morgan fingerprint density at radius 2 is 1.88 bits per heavy atom. The van der Waals surface area contributed by atoms with Gasteiger partial charge in [0, 0.05) is 25.5 Å². The molecule has 7 heteroatoms. The van der Waals surface area contributed by atoms with Crippen molar-refractivity contribution < 1.29 is 8.42 Å². The van der Waals surface area contributed by atoms with Gasteiger partial charge >= 0.3 is 0 Å². The molecule has 1 heterocycles. The van der Waals surface area contributed by atoms with Crippen molar-refractivity contribution in [2.45, 2.75) is 18.0 Å². The van der Waals surface area contributed by atoms with Gasteiger partial charge in [-0.15, -0.1) is 0 Å². The molecule has 0 radical (unpaired) electrons. The molecule has 0 fully saturated rings. The Morgan fingerprint density at radius 1 is 1.12 bits per heavy atom. The fourth-order valence-corrected chi connectivity index (χ4v) is 3.41. The zero-order chi connectivity index (χ0) is 17.7. The molecule has 3 rings (SSSR count). The van der Waals surface area contributed by atoms with Crippen molar-refractivity contribution >= 4 is 10.0 Å². The van der Waals surface area contributed by atoms with Gasteiger partial charge in [0.25, 0.3) is 0 Å². The Balaban J connectivity index is 1.65. The fourth-order valence-electron chi connectivity index (χ4n) is 2.35. The lowest BCUT2D eigenvalue weighted by molar-refractivity contribution is 0.581. The molecule has 6 nitrogen and oxygen atoms in total. The lowest BCUT2D eigenvalue weighted by Gasteiger charge is -2.08. The highest BCUT2D eigenvalue weighted by Gasteiger charge is 2.14. The first-order chi connectivity index (χ1) is 12.1. The number of imidazole rings is 1. The second-order valence-electron chi connectivity index (χ2n) is 5.52. The Morgan fingerprint density at radius 3 is 2.56 bits per heavy atom. The highest BCUT2D eigenvalue weighted by atomic mass is 32.2. The highest BCUT2D eigenvalue weighted by molar-refractivity contribution is 7.89. The van der Waals surface area contributed by atoms with Crippen LogP contribution in [-0.4, -0.2) is 18.0 Å². The summed E-state index contributed by atoms with van der Waals surface area (Å²) >= 11 is 0. The third kappa shape index (κ3) is 4.32. The lowest BCUT2D eigenvalue weighted by Crippen LogP contribution is -2.23. The van der Waals surface area contributed by atoms with Crippen molar-refractivity contribution in [1.82, 2.24) is 14.3 Å². The summed E-state index contributed by atoms with van der Waals surface area (Å²) in [7, 11) is -3.66. The van der Waals surface area contributed by atoms with Gasteiger partial charge in [-0.1, -0.05) is 30.3 Å². The molecule has 1 N–H and O–H groups in total. The summed E-state index contributed by atoms with van der Waals surface area (Å²) in [6, 6.07) is 15.6. The maximum absolute atomic E-state index is 12.3. The van der Waals surface area contributed by atoms with Crippen LogP contribution in [0.3, 0.4) is 0 Å². The average molecular weight is 352 g/mol. The van der Waals surface area contributed by atoms with Gasteiger partial charge in [-0.25, -0.2) is 18.1 Å². The van der Waals surface area contributed by atoms with Gasteiger partial charge in [0.15, 0.2) is 0 Å². The van der Waals surface area contributed by atoms with Crippen LogP contribution < -0.4 is 4.72 Å². The van der Waals surface area contributed by atoms with Crippen LogP contribution in [0.15, 0.2) is 72.1 Å². The van der Waals surface area contributed by atoms with Crippen LogP contribution in [0, 0.1) is 11.3 Å². The molecule has 0 aliphatic rings. The number of nitriles is 1. The van der Waals surface area contributed by atoms with Crippen molar-refractivity contribution in [2.75, 3.05) is 0 Å². The molecule has 0 aliphatic heterocycles. The molecule has 0 aliphatic carbocycles. The van der Waals surface area contributed by atoms with E-state index in [9.17, 15) is 8.42 Å². The maximum atomic E-state index is 12.3. The normalized spacial score (nSPS) is 11.2. The molecule has 0 amide bonds. The molecular formula is C18H16N4O2S. The largest absolute Gasteiger partial charge is 0.333 e. The molecule has 3 aromatic rings. The van der Waals surface area contributed by atoms with E-state index < -0.39 is 10.0 Å². The molecule has 126 valence electrons. The number of sulfonamides is 1. The fraction of sp³-hybridized carbons (Fsp3) is 0.111. The number of hydrogen-bond acceptors (Lipinski definition) is 4. The van der Waals surface area contributed by atoms with Crippen molar-refractivity contribution in [3.05, 3.63) is 83.9 Å². The molecule has 0 saturated heterocycles. The zero-order valence-electron chi connectivity index (χ0n) is 13.3. The van der Waals surface area contributed by atoms with E-state index in [0.717, 1.165) is 11.1 Å². The van der Waals surface area contributed by atoms with E-state index in [1.54, 1.807) is 24.7 Å². The smallest absolute Gasteiger partial charge is 0.240 e. The van der Waals surface area contributed by atoms with E-state index >= 15 is 0 Å². The zero-order valence-corrected chi connectivity index (χ0v) is 14.1. The quantitative estimate of drug-likeness (QED) is 0.737. The topological polar surface area (TPSA) is 87.8 Å². The van der Waals surface area contributed by atoms with E-state index in [4.69, 9.17) is 5.26 Å². The average Bonchev–Trinajstić information content (AvgIpc) is 3.14. The number of nitrogens with zero attached hydrogens (tertiary/aromatic N) is 3. The SMILES string of the molecule is N#Cc1cccc(S(=O)(=O)NCc2ccc(Cn3ccnc3)cc2)c1. The minimum atomic E-state index is -3.66. The Bertz CT molecular complexity index is 988. The standard InChI is InChI=1S/C18H16N4O2S/c19-11-17-2-1-3-18(10-17)25(23,24)21-12-15-4-6-16(7-5-15)13-22-9-8-20-14-22/h1-10,14,21H,12-13H2. The minimum Gasteiger partial charge on any atom is -0.333 e. The van der Waals surface area contributed by atoms with Crippen molar-refractivity contribution in [1.29, 1.82) is 5.26 Å². The monoisotopic (exact) mass is 352 g/mol. The maximum Gasteiger partial charge on any atom is 0.240 e. The third-order valence-electron chi connectivity index (χ3n) is 3.69. The Labute approximate surface area is 146 Å². The van der Waals surface area contributed by atoms with Crippen LogP contribution >= 0.6 is 0 Å². The number of aromatic nitrogens is 2. The van der Waals surface area contributed by atoms with Gasteiger partial charge in [0.1, 0.15) is 0 Å². The van der Waals surface area contributed by atoms with Gasteiger partial charge in [0.2, 0.25) is 10.0 Å². The molecule has 0 bridgehead atoms. The van der Waals surface area contributed by atoms with Crippen LogP contribution in [0.5, 0.6) is 0 Å². The summed E-state index contributed by atoms with van der Waals surface area (Å²) in [6.07, 6.45) is 5.36. The van der Waals surface area contributed by atoms with E-state index in [2.05, 4.69) is 9.71 Å². The third-order valence-corrected chi connectivity index (χ3v) is 5.09. The summed E-state index contributed by atoms with van der Waals surface area (Å²) in [6.45, 7) is 0.900. The van der Waals surface area contributed by atoms with Gasteiger partial charge < -0.3 is 4.57 Å². The molecule has 0 atom stereocenters. The van der Waals surface area contributed by atoms with E-state index in [0.29, 0.717) is 12.1 Å². The molecular weight excluding hydrogens is 336 g/mol. The summed E-state index contributed by atoms with van der Waals surface area (Å²) in [5.74, 6) is 0. The summed E-state index contributed by atoms with van der Waals surface area (Å²) in [5.41, 5.74) is 2.27. The Kier molecular flexibility index (Phi) is 4.93. The van der Waals surface area contributed by atoms with Crippen molar-refractivity contribution in [2.24, 2.45) is 0 Å². The molecule has 2 aromatic carbocycles. The number of hydrogen-bond donors (Lipinski definition) is 1. The number of nitrogens with one attached hydrogen (secondary N) is 1. The molecule has 25 heavy (non-hydrogen) atoms. The second-order valence-corrected chi connectivity index (χ2v) is 7.28. The van der Waals surface area contributed by atoms with E-state index in [1.807, 2.05) is 41.1 Å². The second kappa shape index (κ2) is 7.30. The van der Waals surface area contributed by atoms with Crippen LogP contribution in [0.25, 0.3) is 0 Å². The van der Waals surface area contributed by atoms with Crippen molar-refractivity contribution in [3.63, 3.8) is 0 Å². The first-order valence-electron chi connectivity index (χ1n) is 7.60. The van der Waals surface area contributed by atoms with Gasteiger partial charge in [-0.2, -0.15) is 5.26 Å². The predicted molar refractivity (Wildman–Crippen MR) is 93.0 cm³/mol. The minimum absolute atomic E-state index is 0.0864. The highest BCUT2D eigenvalue weighted by Crippen LogP contribution is 2.12. The van der Waals surface area contributed by atoms with Crippen LogP contribution in [0.1, 0.15) is 16.7 Å². The molecule has 0 saturated carbocycles. The first kappa shape index (κ1) is 16.9. The lowest BCUT2D eigenvalue weighted by atomic mass is 10.1. The predicted octanol–water partition coefficient (Wildman–Crippen LogP) is 2.28. The van der Waals surface area contributed by atoms with E-state index in [1.165, 1.54) is 12.1 Å². The molecule has 0 spiro atoms. The molecule has 0 unspecified atom stereocenters.